The van der Waals surface area contributed by atoms with Gasteiger partial charge < -0.3 is 10.0 Å². The Morgan fingerprint density at radius 1 is 1.10 bits per heavy atom. The normalized spacial score (nSPS) is 22.9. The zero-order valence-electron chi connectivity index (χ0n) is 11.9. The first kappa shape index (κ1) is 13.6. The van der Waals surface area contributed by atoms with Crippen molar-refractivity contribution in [3.8, 4) is 0 Å². The Hall–Kier alpha value is -1.35. The van der Waals surface area contributed by atoms with Crippen LogP contribution in [-0.4, -0.2) is 35.1 Å². The number of carbonyl (C=O) groups excluding carboxylic acids is 1. The van der Waals surface area contributed by atoms with Crippen molar-refractivity contribution in [1.29, 1.82) is 0 Å². The highest BCUT2D eigenvalue weighted by Crippen LogP contribution is 2.42. The number of aliphatic hydroxyl groups excluding tert-OH is 1. The molecule has 108 valence electrons. The van der Waals surface area contributed by atoms with Gasteiger partial charge in [-0.1, -0.05) is 43.2 Å². The molecule has 2 aliphatic rings. The molecule has 0 atom stereocenters. The molecular weight excluding hydrogens is 250 g/mol. The number of amides is 1. The molecule has 1 aliphatic carbocycles. The van der Waals surface area contributed by atoms with Crippen LogP contribution in [0.15, 0.2) is 30.3 Å². The zero-order valence-corrected chi connectivity index (χ0v) is 11.9. The van der Waals surface area contributed by atoms with Crippen LogP contribution in [0.4, 0.5) is 0 Å². The Kier molecular flexibility index (Phi) is 3.79. The highest BCUT2D eigenvalue weighted by atomic mass is 16.3. The number of benzene rings is 1. The summed E-state index contributed by atoms with van der Waals surface area (Å²) in [5.41, 5.74) is 0.873. The van der Waals surface area contributed by atoms with Crippen LogP contribution in [0.5, 0.6) is 0 Å². The van der Waals surface area contributed by atoms with Gasteiger partial charge in [-0.3, -0.25) is 4.79 Å². The van der Waals surface area contributed by atoms with Gasteiger partial charge in [0, 0.05) is 13.1 Å². The molecule has 0 aromatic heterocycles. The summed E-state index contributed by atoms with van der Waals surface area (Å²) in [6.07, 6.45) is 5.42. The second kappa shape index (κ2) is 5.57. The summed E-state index contributed by atoms with van der Waals surface area (Å²) in [5, 5.41) is 9.62. The maximum absolute atomic E-state index is 13.1. The lowest BCUT2D eigenvalue weighted by Gasteiger charge is -2.38. The average Bonchev–Trinajstić information content (AvgIpc) is 2.99. The number of hydrogen-bond donors (Lipinski definition) is 1. The molecular formula is C17H23NO2. The van der Waals surface area contributed by atoms with Crippen LogP contribution in [0.3, 0.4) is 0 Å². The molecule has 3 nitrogen and oxygen atoms in total. The standard InChI is InChI=1S/C17H23NO2/c19-15-8-12-18(13-9-15)16(20)17(10-4-5-11-17)14-6-2-1-3-7-14/h1-3,6-7,15,19H,4-5,8-13H2. The summed E-state index contributed by atoms with van der Waals surface area (Å²) in [6.45, 7) is 1.41. The summed E-state index contributed by atoms with van der Waals surface area (Å²) in [6, 6.07) is 10.3. The van der Waals surface area contributed by atoms with Crippen molar-refractivity contribution in [1.82, 2.24) is 4.90 Å². The van der Waals surface area contributed by atoms with Crippen molar-refractivity contribution in [2.75, 3.05) is 13.1 Å². The number of piperidine rings is 1. The van der Waals surface area contributed by atoms with Gasteiger partial charge in [0.05, 0.1) is 11.5 Å². The number of nitrogens with zero attached hydrogens (tertiary/aromatic N) is 1. The van der Waals surface area contributed by atoms with Crippen LogP contribution >= 0.6 is 0 Å². The van der Waals surface area contributed by atoms with Crippen LogP contribution < -0.4 is 0 Å². The molecule has 0 spiro atoms. The summed E-state index contributed by atoms with van der Waals surface area (Å²) in [7, 11) is 0. The van der Waals surface area contributed by atoms with E-state index in [1.165, 1.54) is 5.56 Å². The fourth-order valence-corrected chi connectivity index (χ4v) is 3.73. The van der Waals surface area contributed by atoms with Gasteiger partial charge in [0.25, 0.3) is 0 Å². The largest absolute Gasteiger partial charge is 0.393 e. The van der Waals surface area contributed by atoms with E-state index < -0.39 is 0 Å². The smallest absolute Gasteiger partial charge is 0.233 e. The Labute approximate surface area is 120 Å². The third-order valence-electron chi connectivity index (χ3n) is 4.94. The van der Waals surface area contributed by atoms with Gasteiger partial charge in [-0.15, -0.1) is 0 Å². The van der Waals surface area contributed by atoms with Gasteiger partial charge in [-0.2, -0.15) is 0 Å². The first-order chi connectivity index (χ1) is 9.72. The molecule has 1 heterocycles. The van der Waals surface area contributed by atoms with Crippen molar-refractivity contribution in [2.24, 2.45) is 0 Å². The average molecular weight is 273 g/mol. The fourth-order valence-electron chi connectivity index (χ4n) is 3.73. The van der Waals surface area contributed by atoms with Crippen LogP contribution in [0, 0.1) is 0 Å². The predicted molar refractivity (Wildman–Crippen MR) is 78.4 cm³/mol. The number of rotatable bonds is 2. The second-order valence-corrected chi connectivity index (χ2v) is 6.18. The second-order valence-electron chi connectivity index (χ2n) is 6.18. The number of likely N-dealkylation sites (tertiary alicyclic amines) is 1. The van der Waals surface area contributed by atoms with Gasteiger partial charge in [0.2, 0.25) is 5.91 Å². The molecule has 1 aliphatic heterocycles. The quantitative estimate of drug-likeness (QED) is 0.899. The van der Waals surface area contributed by atoms with Crippen LogP contribution in [0.1, 0.15) is 44.1 Å². The van der Waals surface area contributed by atoms with E-state index in [9.17, 15) is 9.90 Å². The lowest BCUT2D eigenvalue weighted by atomic mass is 9.77. The number of carbonyl (C=O) groups is 1. The van der Waals surface area contributed by atoms with Gasteiger partial charge in [0.15, 0.2) is 0 Å². The summed E-state index contributed by atoms with van der Waals surface area (Å²) in [5.74, 6) is 0.285. The summed E-state index contributed by atoms with van der Waals surface area (Å²) >= 11 is 0. The third kappa shape index (κ3) is 2.35. The van der Waals surface area contributed by atoms with E-state index >= 15 is 0 Å². The Bertz CT molecular complexity index is 457. The van der Waals surface area contributed by atoms with E-state index in [1.54, 1.807) is 0 Å². The minimum Gasteiger partial charge on any atom is -0.393 e. The van der Waals surface area contributed by atoms with Crippen molar-refractivity contribution in [3.05, 3.63) is 35.9 Å². The molecule has 1 saturated carbocycles. The predicted octanol–water partition coefficient (Wildman–Crippen LogP) is 2.48. The molecule has 1 amide bonds. The first-order valence-corrected chi connectivity index (χ1v) is 7.75. The molecule has 0 unspecified atom stereocenters. The lowest BCUT2D eigenvalue weighted by Crippen LogP contribution is -2.49. The van der Waals surface area contributed by atoms with E-state index in [4.69, 9.17) is 0 Å². The van der Waals surface area contributed by atoms with Gasteiger partial charge >= 0.3 is 0 Å². The maximum atomic E-state index is 13.1. The van der Waals surface area contributed by atoms with E-state index in [-0.39, 0.29) is 17.4 Å². The van der Waals surface area contributed by atoms with Crippen molar-refractivity contribution in [3.63, 3.8) is 0 Å². The molecule has 2 fully saturated rings. The minimum atomic E-state index is -0.302. The molecule has 1 aromatic carbocycles. The minimum absolute atomic E-state index is 0.227. The topological polar surface area (TPSA) is 40.5 Å². The van der Waals surface area contributed by atoms with Crippen LogP contribution in [0.25, 0.3) is 0 Å². The number of aliphatic hydroxyl groups is 1. The lowest BCUT2D eigenvalue weighted by molar-refractivity contribution is -0.139. The molecule has 1 saturated heterocycles. The Balaban J connectivity index is 1.85. The fraction of sp³-hybridized carbons (Fsp3) is 0.588. The molecule has 0 radical (unpaired) electrons. The maximum Gasteiger partial charge on any atom is 0.233 e. The molecule has 0 bridgehead atoms. The third-order valence-corrected chi connectivity index (χ3v) is 4.94. The van der Waals surface area contributed by atoms with Crippen molar-refractivity contribution in [2.45, 2.75) is 50.0 Å². The van der Waals surface area contributed by atoms with Gasteiger partial charge in [0.1, 0.15) is 0 Å². The van der Waals surface area contributed by atoms with Crippen LogP contribution in [0.2, 0.25) is 0 Å². The molecule has 1 aromatic rings. The summed E-state index contributed by atoms with van der Waals surface area (Å²) in [4.78, 5) is 15.1. The Morgan fingerprint density at radius 3 is 2.30 bits per heavy atom. The molecule has 1 N–H and O–H groups in total. The van der Waals surface area contributed by atoms with E-state index in [0.29, 0.717) is 13.1 Å². The van der Waals surface area contributed by atoms with E-state index in [1.807, 2.05) is 23.1 Å². The Morgan fingerprint density at radius 2 is 1.70 bits per heavy atom. The first-order valence-electron chi connectivity index (χ1n) is 7.75. The molecule has 20 heavy (non-hydrogen) atoms. The van der Waals surface area contributed by atoms with E-state index in [0.717, 1.165) is 38.5 Å². The zero-order chi connectivity index (χ0) is 14.0. The highest BCUT2D eigenvalue weighted by Gasteiger charge is 2.45. The molecule has 3 heteroatoms. The number of hydrogen-bond acceptors (Lipinski definition) is 2. The van der Waals surface area contributed by atoms with E-state index in [2.05, 4.69) is 12.1 Å². The SMILES string of the molecule is O=C(N1CCC(O)CC1)C1(c2ccccc2)CCCC1. The summed E-state index contributed by atoms with van der Waals surface area (Å²) < 4.78 is 0. The van der Waals surface area contributed by atoms with Crippen molar-refractivity contribution >= 4 is 5.91 Å². The monoisotopic (exact) mass is 273 g/mol. The highest BCUT2D eigenvalue weighted by molar-refractivity contribution is 5.88. The van der Waals surface area contributed by atoms with Gasteiger partial charge in [-0.25, -0.2) is 0 Å². The molecule has 3 rings (SSSR count). The van der Waals surface area contributed by atoms with Gasteiger partial charge in [-0.05, 0) is 31.2 Å². The van der Waals surface area contributed by atoms with Crippen molar-refractivity contribution < 1.29 is 9.90 Å². The van der Waals surface area contributed by atoms with Crippen LogP contribution in [-0.2, 0) is 10.2 Å².